The van der Waals surface area contributed by atoms with Gasteiger partial charge in [0.25, 0.3) is 0 Å². The molecule has 6 heteroatoms. The van der Waals surface area contributed by atoms with Gasteiger partial charge in [-0.3, -0.25) is 9.79 Å². The Hall–Kier alpha value is -2.66. The Morgan fingerprint density at radius 3 is 2.61 bits per heavy atom. The Labute approximate surface area is 171 Å². The number of hydrogen-bond donors (Lipinski definition) is 0. The molecule has 2 aromatic rings. The maximum atomic E-state index is 11.6. The van der Waals surface area contributed by atoms with Gasteiger partial charge >= 0.3 is 0 Å². The van der Waals surface area contributed by atoms with Gasteiger partial charge in [0.1, 0.15) is 5.82 Å². The lowest BCUT2D eigenvalue weighted by molar-refractivity contribution is -0.129. The van der Waals surface area contributed by atoms with Gasteiger partial charge in [-0.05, 0) is 30.7 Å². The second-order valence-corrected chi connectivity index (χ2v) is 7.17. The Morgan fingerprint density at radius 2 is 1.96 bits per heavy atom. The van der Waals surface area contributed by atoms with E-state index in [0.717, 1.165) is 42.2 Å². The topological polar surface area (TPSA) is 48.8 Å². The van der Waals surface area contributed by atoms with E-state index in [4.69, 9.17) is 16.6 Å². The van der Waals surface area contributed by atoms with Crippen LogP contribution in [0.4, 0.5) is 5.82 Å². The van der Waals surface area contributed by atoms with E-state index in [9.17, 15) is 4.79 Å². The average Bonchev–Trinajstić information content (AvgIpc) is 2.72. The number of nitrogens with zero attached hydrogens (tertiary/aromatic N) is 4. The largest absolute Gasteiger partial charge is 0.353 e. The van der Waals surface area contributed by atoms with E-state index in [2.05, 4.69) is 23.4 Å². The van der Waals surface area contributed by atoms with Gasteiger partial charge in [-0.1, -0.05) is 37.2 Å². The molecule has 1 aliphatic rings. The van der Waals surface area contributed by atoms with Gasteiger partial charge in [0.15, 0.2) is 0 Å². The molecule has 0 unspecified atom stereocenters. The fourth-order valence-corrected chi connectivity index (χ4v) is 3.52. The summed E-state index contributed by atoms with van der Waals surface area (Å²) in [6.07, 6.45) is 2.56. The second kappa shape index (κ2) is 9.02. The van der Waals surface area contributed by atoms with E-state index in [-0.39, 0.29) is 5.91 Å². The lowest BCUT2D eigenvalue weighted by atomic mass is 10.1. The molecule has 28 heavy (non-hydrogen) atoms. The molecule has 1 aromatic heterocycles. The second-order valence-electron chi connectivity index (χ2n) is 6.74. The molecular weight excluding hydrogens is 372 g/mol. The van der Waals surface area contributed by atoms with E-state index in [0.29, 0.717) is 23.8 Å². The highest BCUT2D eigenvalue weighted by atomic mass is 35.5. The summed E-state index contributed by atoms with van der Waals surface area (Å²) in [4.78, 5) is 25.1. The van der Waals surface area contributed by atoms with Crippen LogP contribution in [-0.2, 0) is 4.79 Å². The van der Waals surface area contributed by atoms with E-state index in [1.807, 2.05) is 41.3 Å². The molecule has 0 aliphatic carbocycles. The van der Waals surface area contributed by atoms with Crippen molar-refractivity contribution in [2.24, 2.45) is 4.99 Å². The van der Waals surface area contributed by atoms with Crippen LogP contribution in [0.25, 0.3) is 5.70 Å². The molecule has 0 atom stereocenters. The first-order chi connectivity index (χ1) is 13.5. The standard InChI is InChI=1S/C22H25ClN4O/c1-4-21(25-16(2)18-7-5-8-19(23)15-18)20-9-6-10-24-22(20)27-13-11-26(12-14-27)17(3)28/h5-10,15H,2,4,11-14H2,1,3H3. The van der Waals surface area contributed by atoms with Crippen LogP contribution >= 0.6 is 11.6 Å². The van der Waals surface area contributed by atoms with Crippen molar-refractivity contribution in [3.8, 4) is 0 Å². The Morgan fingerprint density at radius 1 is 1.21 bits per heavy atom. The molecule has 1 aromatic carbocycles. The van der Waals surface area contributed by atoms with Gasteiger partial charge in [0, 0.05) is 55.4 Å². The molecular formula is C22H25ClN4O. The smallest absolute Gasteiger partial charge is 0.219 e. The highest BCUT2D eigenvalue weighted by Crippen LogP contribution is 2.24. The number of anilines is 1. The molecule has 0 spiro atoms. The van der Waals surface area contributed by atoms with Crippen molar-refractivity contribution in [1.29, 1.82) is 0 Å². The number of aliphatic imine (C=N–C) groups is 1. The highest BCUT2D eigenvalue weighted by Gasteiger charge is 2.22. The zero-order valence-electron chi connectivity index (χ0n) is 16.4. The van der Waals surface area contributed by atoms with Crippen LogP contribution in [0.15, 0.2) is 54.2 Å². The summed E-state index contributed by atoms with van der Waals surface area (Å²) in [6.45, 7) is 10.8. The van der Waals surface area contributed by atoms with E-state index < -0.39 is 0 Å². The third-order valence-electron chi connectivity index (χ3n) is 4.88. The summed E-state index contributed by atoms with van der Waals surface area (Å²) in [5.74, 6) is 1.03. The minimum Gasteiger partial charge on any atom is -0.353 e. The summed E-state index contributed by atoms with van der Waals surface area (Å²) < 4.78 is 0. The fraction of sp³-hybridized carbons (Fsp3) is 0.318. The molecule has 5 nitrogen and oxygen atoms in total. The van der Waals surface area contributed by atoms with Crippen LogP contribution in [0.1, 0.15) is 31.4 Å². The maximum Gasteiger partial charge on any atom is 0.219 e. The molecule has 1 amide bonds. The lowest BCUT2D eigenvalue weighted by Gasteiger charge is -2.35. The van der Waals surface area contributed by atoms with Gasteiger partial charge < -0.3 is 9.80 Å². The number of carbonyl (C=O) groups is 1. The van der Waals surface area contributed by atoms with Crippen LogP contribution in [0.2, 0.25) is 5.02 Å². The van der Waals surface area contributed by atoms with Gasteiger partial charge in [0.05, 0.1) is 11.4 Å². The molecule has 3 rings (SSSR count). The van der Waals surface area contributed by atoms with Gasteiger partial charge in [-0.25, -0.2) is 4.98 Å². The predicted octanol–water partition coefficient (Wildman–Crippen LogP) is 4.27. The minimum absolute atomic E-state index is 0.120. The van der Waals surface area contributed by atoms with E-state index in [1.54, 1.807) is 13.1 Å². The monoisotopic (exact) mass is 396 g/mol. The summed E-state index contributed by atoms with van der Waals surface area (Å²) in [5.41, 5.74) is 3.51. The number of piperazine rings is 1. The van der Waals surface area contributed by atoms with Crippen LogP contribution in [0, 0.1) is 0 Å². The van der Waals surface area contributed by atoms with E-state index >= 15 is 0 Å². The van der Waals surface area contributed by atoms with Crippen molar-refractivity contribution in [2.45, 2.75) is 20.3 Å². The first-order valence-corrected chi connectivity index (χ1v) is 9.85. The number of pyridine rings is 1. The van der Waals surface area contributed by atoms with Crippen molar-refractivity contribution in [1.82, 2.24) is 9.88 Å². The Bertz CT molecular complexity index is 901. The number of benzene rings is 1. The number of hydrogen-bond acceptors (Lipinski definition) is 4. The normalized spacial score (nSPS) is 14.9. The zero-order chi connectivity index (χ0) is 20.1. The Balaban J connectivity index is 1.88. The van der Waals surface area contributed by atoms with Gasteiger partial charge in [0.2, 0.25) is 5.91 Å². The first-order valence-electron chi connectivity index (χ1n) is 9.48. The third-order valence-corrected chi connectivity index (χ3v) is 5.12. The molecule has 1 saturated heterocycles. The van der Waals surface area contributed by atoms with Crippen molar-refractivity contribution in [2.75, 3.05) is 31.1 Å². The van der Waals surface area contributed by atoms with Crippen LogP contribution in [-0.4, -0.2) is 47.7 Å². The van der Waals surface area contributed by atoms with Crippen LogP contribution in [0.5, 0.6) is 0 Å². The van der Waals surface area contributed by atoms with Crippen molar-refractivity contribution in [3.05, 3.63) is 65.3 Å². The molecule has 0 radical (unpaired) electrons. The van der Waals surface area contributed by atoms with Gasteiger partial charge in [-0.15, -0.1) is 0 Å². The molecule has 2 heterocycles. The van der Waals surface area contributed by atoms with Gasteiger partial charge in [-0.2, -0.15) is 0 Å². The zero-order valence-corrected chi connectivity index (χ0v) is 17.1. The molecule has 1 aliphatic heterocycles. The Kier molecular flexibility index (Phi) is 6.47. The fourth-order valence-electron chi connectivity index (χ4n) is 3.33. The maximum absolute atomic E-state index is 11.6. The van der Waals surface area contributed by atoms with E-state index in [1.165, 1.54) is 0 Å². The average molecular weight is 397 g/mol. The molecule has 146 valence electrons. The van der Waals surface area contributed by atoms with Crippen LogP contribution in [0.3, 0.4) is 0 Å². The molecule has 0 saturated carbocycles. The summed E-state index contributed by atoms with van der Waals surface area (Å²) in [7, 11) is 0. The third kappa shape index (κ3) is 4.60. The minimum atomic E-state index is 0.120. The number of rotatable bonds is 5. The molecule has 0 bridgehead atoms. The summed E-state index contributed by atoms with van der Waals surface area (Å²) in [6, 6.07) is 11.5. The lowest BCUT2D eigenvalue weighted by Crippen LogP contribution is -2.48. The molecule has 1 fully saturated rings. The van der Waals surface area contributed by atoms with Crippen molar-refractivity contribution < 1.29 is 4.79 Å². The summed E-state index contributed by atoms with van der Waals surface area (Å²) >= 11 is 6.10. The number of carbonyl (C=O) groups excluding carboxylic acids is 1. The molecule has 0 N–H and O–H groups in total. The predicted molar refractivity (Wildman–Crippen MR) is 116 cm³/mol. The quantitative estimate of drug-likeness (QED) is 0.709. The summed E-state index contributed by atoms with van der Waals surface area (Å²) in [5, 5.41) is 0.664. The highest BCUT2D eigenvalue weighted by molar-refractivity contribution is 6.30. The first kappa shape index (κ1) is 20.1. The number of halogens is 1. The number of amides is 1. The van der Waals surface area contributed by atoms with Crippen LogP contribution < -0.4 is 4.90 Å². The van der Waals surface area contributed by atoms with Crippen molar-refractivity contribution >= 4 is 34.7 Å². The SMILES string of the molecule is C=C(N=C(CC)c1cccnc1N1CCN(C(C)=O)CC1)c1cccc(Cl)c1. The van der Waals surface area contributed by atoms with Crippen molar-refractivity contribution in [3.63, 3.8) is 0 Å². The number of aromatic nitrogens is 1.